The van der Waals surface area contributed by atoms with Crippen LogP contribution in [0.25, 0.3) is 0 Å². The number of carbonyl (C=O) groups is 2. The number of nitrogens with zero attached hydrogens (tertiary/aromatic N) is 2. The molecule has 1 atom stereocenters. The Hall–Kier alpha value is -3.21. The van der Waals surface area contributed by atoms with E-state index in [1.54, 1.807) is 67.6 Å². The lowest BCUT2D eigenvalue weighted by molar-refractivity contribution is -0.139. The van der Waals surface area contributed by atoms with Gasteiger partial charge in [0.1, 0.15) is 18.3 Å². The molecule has 0 saturated carbocycles. The fraction of sp³-hybridized carbons (Fsp3) is 0.355. The van der Waals surface area contributed by atoms with Crippen molar-refractivity contribution in [2.24, 2.45) is 5.92 Å². The predicted octanol–water partition coefficient (Wildman–Crippen LogP) is 5.85. The van der Waals surface area contributed by atoms with Crippen LogP contribution in [0.1, 0.15) is 33.3 Å². The quantitative estimate of drug-likeness (QED) is 0.225. The summed E-state index contributed by atoms with van der Waals surface area (Å²) in [6.07, 6.45) is 1.90. The number of hydrogen-bond acceptors (Lipinski definition) is 6. The first-order valence-corrected chi connectivity index (χ1v) is 16.7. The van der Waals surface area contributed by atoms with Crippen LogP contribution in [-0.2, 0) is 26.2 Å². The van der Waals surface area contributed by atoms with E-state index in [4.69, 9.17) is 16.3 Å². The average Bonchev–Trinajstić information content (AvgIpc) is 2.98. The van der Waals surface area contributed by atoms with Gasteiger partial charge in [0.05, 0.1) is 17.2 Å². The summed E-state index contributed by atoms with van der Waals surface area (Å²) in [4.78, 5) is 29.5. The third-order valence-corrected chi connectivity index (χ3v) is 9.41. The maximum absolute atomic E-state index is 14.0. The third-order valence-electron chi connectivity index (χ3n) is 6.51. The molecule has 0 unspecified atom stereocenters. The highest BCUT2D eigenvalue weighted by Gasteiger charge is 2.33. The van der Waals surface area contributed by atoms with Crippen LogP contribution in [-0.4, -0.2) is 57.1 Å². The summed E-state index contributed by atoms with van der Waals surface area (Å²) in [7, 11) is -4.17. The van der Waals surface area contributed by atoms with Crippen molar-refractivity contribution in [2.45, 2.75) is 50.1 Å². The van der Waals surface area contributed by atoms with Gasteiger partial charge in [-0.25, -0.2) is 8.42 Å². The van der Waals surface area contributed by atoms with E-state index in [-0.39, 0.29) is 29.0 Å². The van der Waals surface area contributed by atoms with Crippen molar-refractivity contribution >= 4 is 50.9 Å². The zero-order chi connectivity index (χ0) is 30.9. The molecule has 0 aliphatic heterocycles. The van der Waals surface area contributed by atoms with Crippen LogP contribution in [0.3, 0.4) is 0 Å². The first kappa shape index (κ1) is 33.3. The van der Waals surface area contributed by atoms with Gasteiger partial charge in [-0.1, -0.05) is 43.6 Å². The predicted molar refractivity (Wildman–Crippen MR) is 170 cm³/mol. The molecule has 0 fully saturated rings. The largest absolute Gasteiger partial charge is 0.494 e. The van der Waals surface area contributed by atoms with Crippen LogP contribution in [0.4, 0.5) is 5.69 Å². The van der Waals surface area contributed by atoms with Gasteiger partial charge in [0.2, 0.25) is 11.8 Å². The van der Waals surface area contributed by atoms with E-state index in [9.17, 15) is 18.0 Å². The number of nitrogens with one attached hydrogen (secondary N) is 1. The number of ether oxygens (including phenoxy) is 1. The molecular weight excluding hydrogens is 594 g/mol. The van der Waals surface area contributed by atoms with Crippen molar-refractivity contribution in [2.75, 3.05) is 30.3 Å². The molecule has 0 bridgehead atoms. The van der Waals surface area contributed by atoms with Crippen LogP contribution in [0, 0.1) is 5.92 Å². The van der Waals surface area contributed by atoms with Crippen LogP contribution < -0.4 is 14.4 Å². The Balaban J connectivity index is 2.03. The SMILES string of the molecule is CCOc1ccc(N(CC(=O)N(Cc2ccccc2Cl)[C@H](C)C(=O)NCC(C)C)S(=O)(=O)c2ccc(SC)cc2)cc1. The lowest BCUT2D eigenvalue weighted by atomic mass is 10.1. The van der Waals surface area contributed by atoms with E-state index in [1.165, 1.54) is 28.8 Å². The Morgan fingerprint density at radius 3 is 2.19 bits per heavy atom. The maximum atomic E-state index is 14.0. The van der Waals surface area contributed by atoms with E-state index in [2.05, 4.69) is 5.32 Å². The smallest absolute Gasteiger partial charge is 0.264 e. The van der Waals surface area contributed by atoms with Gasteiger partial charge in [0.25, 0.3) is 10.0 Å². The molecule has 3 aromatic carbocycles. The molecular formula is C31H38ClN3O5S2. The minimum atomic E-state index is -4.17. The van der Waals surface area contributed by atoms with Gasteiger partial charge >= 0.3 is 0 Å². The molecule has 0 aromatic heterocycles. The Morgan fingerprint density at radius 2 is 1.62 bits per heavy atom. The number of amides is 2. The first-order chi connectivity index (χ1) is 20.0. The molecule has 42 heavy (non-hydrogen) atoms. The summed E-state index contributed by atoms with van der Waals surface area (Å²) in [6.45, 7) is 7.81. The van der Waals surface area contributed by atoms with Crippen LogP contribution >= 0.6 is 23.4 Å². The van der Waals surface area contributed by atoms with Gasteiger partial charge in [-0.2, -0.15) is 0 Å². The summed E-state index contributed by atoms with van der Waals surface area (Å²) in [6, 6.07) is 19.2. The fourth-order valence-corrected chi connectivity index (χ4v) is 6.14. The molecule has 0 heterocycles. The van der Waals surface area contributed by atoms with Gasteiger partial charge in [-0.3, -0.25) is 13.9 Å². The van der Waals surface area contributed by atoms with Crippen molar-refractivity contribution in [3.8, 4) is 5.75 Å². The molecule has 11 heteroatoms. The highest BCUT2D eigenvalue weighted by molar-refractivity contribution is 7.98. The van der Waals surface area contributed by atoms with Crippen molar-refractivity contribution < 1.29 is 22.7 Å². The number of hydrogen-bond donors (Lipinski definition) is 1. The van der Waals surface area contributed by atoms with Crippen molar-refractivity contribution in [3.63, 3.8) is 0 Å². The van der Waals surface area contributed by atoms with Crippen LogP contribution in [0.15, 0.2) is 82.6 Å². The summed E-state index contributed by atoms with van der Waals surface area (Å²) in [5, 5.41) is 3.31. The van der Waals surface area contributed by atoms with Crippen molar-refractivity contribution in [1.29, 1.82) is 0 Å². The summed E-state index contributed by atoms with van der Waals surface area (Å²) >= 11 is 7.92. The highest BCUT2D eigenvalue weighted by Crippen LogP contribution is 2.28. The zero-order valence-corrected chi connectivity index (χ0v) is 26.9. The molecule has 0 aliphatic rings. The molecule has 2 amide bonds. The minimum Gasteiger partial charge on any atom is -0.494 e. The topological polar surface area (TPSA) is 96.0 Å². The molecule has 0 radical (unpaired) electrons. The Labute approximate surface area is 258 Å². The second-order valence-corrected chi connectivity index (χ2v) is 13.2. The third kappa shape index (κ3) is 8.65. The van der Waals surface area contributed by atoms with Crippen LogP contribution in [0.5, 0.6) is 5.75 Å². The van der Waals surface area contributed by atoms with E-state index in [0.717, 1.165) is 9.20 Å². The second kappa shape index (κ2) is 15.3. The Kier molecular flexibility index (Phi) is 12.1. The van der Waals surface area contributed by atoms with E-state index in [1.807, 2.05) is 27.0 Å². The van der Waals surface area contributed by atoms with Gasteiger partial charge in [-0.05, 0) is 86.2 Å². The summed E-state index contributed by atoms with van der Waals surface area (Å²) in [5.41, 5.74) is 0.925. The molecule has 8 nitrogen and oxygen atoms in total. The van der Waals surface area contributed by atoms with Gasteiger partial charge in [-0.15, -0.1) is 11.8 Å². The zero-order valence-electron chi connectivity index (χ0n) is 24.5. The normalized spacial score (nSPS) is 12.1. The molecule has 3 aromatic rings. The second-order valence-electron chi connectivity index (χ2n) is 10.0. The van der Waals surface area contributed by atoms with Gasteiger partial charge < -0.3 is 15.0 Å². The number of thioether (sulfide) groups is 1. The van der Waals surface area contributed by atoms with Gasteiger partial charge in [0.15, 0.2) is 0 Å². The molecule has 0 spiro atoms. The fourth-order valence-electron chi connectivity index (χ4n) is 4.12. The molecule has 1 N–H and O–H groups in total. The van der Waals surface area contributed by atoms with Crippen molar-refractivity contribution in [3.05, 3.63) is 83.4 Å². The summed E-state index contributed by atoms with van der Waals surface area (Å²) < 4.78 is 34.6. The van der Waals surface area contributed by atoms with Gasteiger partial charge in [0, 0.05) is 23.0 Å². The lowest BCUT2D eigenvalue weighted by Crippen LogP contribution is -2.51. The first-order valence-electron chi connectivity index (χ1n) is 13.7. The number of benzene rings is 3. The Morgan fingerprint density at radius 1 is 0.976 bits per heavy atom. The molecule has 226 valence electrons. The number of halogens is 1. The average molecular weight is 632 g/mol. The number of sulfonamides is 1. The maximum Gasteiger partial charge on any atom is 0.264 e. The molecule has 3 rings (SSSR count). The number of carbonyl (C=O) groups excluding carboxylic acids is 2. The monoisotopic (exact) mass is 631 g/mol. The van der Waals surface area contributed by atoms with E-state index in [0.29, 0.717) is 29.5 Å². The Bertz CT molecular complexity index is 1450. The highest BCUT2D eigenvalue weighted by atomic mass is 35.5. The number of rotatable bonds is 14. The molecule has 0 aliphatic carbocycles. The van der Waals surface area contributed by atoms with E-state index >= 15 is 0 Å². The van der Waals surface area contributed by atoms with Crippen LogP contribution in [0.2, 0.25) is 5.02 Å². The number of anilines is 1. The summed E-state index contributed by atoms with van der Waals surface area (Å²) in [5.74, 6) is -0.107. The molecule has 0 saturated heterocycles. The van der Waals surface area contributed by atoms with Crippen molar-refractivity contribution in [1.82, 2.24) is 10.2 Å². The lowest BCUT2D eigenvalue weighted by Gasteiger charge is -2.32. The minimum absolute atomic E-state index is 0.0222. The van der Waals surface area contributed by atoms with E-state index < -0.39 is 28.5 Å². The standard InChI is InChI=1S/C31H38ClN3O5S2/c1-6-40-26-13-11-25(12-14-26)35(42(38,39)28-17-15-27(41-5)16-18-28)21-30(36)34(20-24-9-7-8-10-29(24)32)23(4)31(37)33-19-22(2)3/h7-18,22-23H,6,19-21H2,1-5H3,(H,33,37)/t23-/m1/s1.